The minimum absolute atomic E-state index is 0.197. The van der Waals surface area contributed by atoms with Gasteiger partial charge in [-0.2, -0.15) is 13.2 Å². The first-order valence-electron chi connectivity index (χ1n) is 9.51. The Morgan fingerprint density at radius 2 is 1.97 bits per heavy atom. The molecule has 1 aromatic carbocycles. The number of thiophene rings is 1. The van der Waals surface area contributed by atoms with Gasteiger partial charge in [0.1, 0.15) is 5.75 Å². The summed E-state index contributed by atoms with van der Waals surface area (Å²) in [4.78, 5) is 16.8. The van der Waals surface area contributed by atoms with Crippen molar-refractivity contribution >= 4 is 27.4 Å². The Kier molecular flexibility index (Phi) is 6.97. The van der Waals surface area contributed by atoms with E-state index in [0.29, 0.717) is 5.75 Å². The van der Waals surface area contributed by atoms with Crippen molar-refractivity contribution in [2.24, 2.45) is 11.8 Å². The third kappa shape index (κ3) is 6.19. The van der Waals surface area contributed by atoms with Gasteiger partial charge in [0.2, 0.25) is 0 Å². The molecule has 2 heterocycles. The van der Waals surface area contributed by atoms with Crippen LogP contribution in [0.5, 0.6) is 5.75 Å². The fourth-order valence-electron chi connectivity index (χ4n) is 2.83. The van der Waals surface area contributed by atoms with E-state index in [1.165, 1.54) is 0 Å². The number of hydrogen-bond donors (Lipinski definition) is 0. The lowest BCUT2D eigenvalue weighted by molar-refractivity contribution is -0.162. The smallest absolute Gasteiger partial charge is 0.389 e. The molecule has 0 aliphatic heterocycles. The van der Waals surface area contributed by atoms with Crippen LogP contribution in [0.2, 0.25) is 0 Å². The number of alkyl halides is 3. The van der Waals surface area contributed by atoms with E-state index in [-0.39, 0.29) is 13.2 Å². The van der Waals surface area contributed by atoms with Crippen molar-refractivity contribution < 1.29 is 27.4 Å². The predicted molar refractivity (Wildman–Crippen MR) is 111 cm³/mol. The summed E-state index contributed by atoms with van der Waals surface area (Å²) in [6.45, 7) is 2.74. The van der Waals surface area contributed by atoms with E-state index >= 15 is 0 Å². The molecule has 8 heteroatoms. The van der Waals surface area contributed by atoms with Crippen LogP contribution in [0.1, 0.15) is 20.3 Å². The van der Waals surface area contributed by atoms with Crippen molar-refractivity contribution in [1.29, 1.82) is 0 Å². The molecular weight excluding hydrogens is 415 g/mol. The molecule has 3 rings (SSSR count). The summed E-state index contributed by atoms with van der Waals surface area (Å²) >= 11 is 1.56. The molecule has 2 aromatic heterocycles. The number of pyridine rings is 1. The quantitative estimate of drug-likeness (QED) is 0.399. The average molecular weight is 437 g/mol. The summed E-state index contributed by atoms with van der Waals surface area (Å²) in [5.41, 5.74) is 0.998. The number of benzene rings is 1. The van der Waals surface area contributed by atoms with Crippen LogP contribution in [-0.2, 0) is 9.53 Å². The SMILES string of the molecule is CC(C)C(=O)OCC(COc1ccc2cc(-c3cccnc3)sc2c1)CC(F)(F)F. The number of carbonyl (C=O) groups excluding carboxylic acids is 1. The van der Waals surface area contributed by atoms with Gasteiger partial charge in [0, 0.05) is 33.5 Å². The summed E-state index contributed by atoms with van der Waals surface area (Å²) in [5, 5.41) is 1.02. The summed E-state index contributed by atoms with van der Waals surface area (Å²) in [6, 6.07) is 11.3. The lowest BCUT2D eigenvalue weighted by Crippen LogP contribution is -2.27. The maximum atomic E-state index is 12.9. The molecule has 0 saturated carbocycles. The van der Waals surface area contributed by atoms with Crippen molar-refractivity contribution in [2.75, 3.05) is 13.2 Å². The Bertz CT molecular complexity index is 986. The zero-order chi connectivity index (χ0) is 21.7. The summed E-state index contributed by atoms with van der Waals surface area (Å²) in [5.74, 6) is -1.42. The summed E-state index contributed by atoms with van der Waals surface area (Å²) in [7, 11) is 0. The van der Waals surface area contributed by atoms with E-state index in [1.54, 1.807) is 43.6 Å². The third-order valence-corrected chi connectivity index (χ3v) is 5.52. The first-order valence-corrected chi connectivity index (χ1v) is 10.3. The zero-order valence-corrected chi connectivity index (χ0v) is 17.4. The Balaban J connectivity index is 1.68. The summed E-state index contributed by atoms with van der Waals surface area (Å²) < 4.78 is 50.3. The van der Waals surface area contributed by atoms with Gasteiger partial charge in [0.05, 0.1) is 25.6 Å². The van der Waals surface area contributed by atoms with E-state index in [0.717, 1.165) is 20.5 Å². The number of aromatic nitrogens is 1. The van der Waals surface area contributed by atoms with Crippen molar-refractivity contribution in [1.82, 2.24) is 4.98 Å². The van der Waals surface area contributed by atoms with Crippen molar-refractivity contribution in [3.8, 4) is 16.2 Å². The second-order valence-electron chi connectivity index (χ2n) is 7.33. The highest BCUT2D eigenvalue weighted by Crippen LogP contribution is 2.35. The highest BCUT2D eigenvalue weighted by atomic mass is 32.1. The zero-order valence-electron chi connectivity index (χ0n) is 16.6. The summed E-state index contributed by atoms with van der Waals surface area (Å²) in [6.07, 6.45) is -1.96. The molecular formula is C22H22F3NO3S. The normalized spacial score (nSPS) is 12.9. The molecule has 0 N–H and O–H groups in total. The number of hydrogen-bond acceptors (Lipinski definition) is 5. The topological polar surface area (TPSA) is 48.4 Å². The van der Waals surface area contributed by atoms with Gasteiger partial charge in [-0.3, -0.25) is 9.78 Å². The van der Waals surface area contributed by atoms with Gasteiger partial charge in [-0.1, -0.05) is 19.9 Å². The Hall–Kier alpha value is -2.61. The van der Waals surface area contributed by atoms with Crippen LogP contribution in [0.25, 0.3) is 20.5 Å². The Morgan fingerprint density at radius 3 is 2.63 bits per heavy atom. The van der Waals surface area contributed by atoms with Gasteiger partial charge >= 0.3 is 12.1 Å². The number of rotatable bonds is 8. The molecule has 0 spiro atoms. The number of nitrogens with zero attached hydrogens (tertiary/aromatic N) is 1. The molecule has 0 aliphatic rings. The number of carbonyl (C=O) groups is 1. The van der Waals surface area contributed by atoms with Crippen LogP contribution < -0.4 is 4.74 Å². The molecule has 1 unspecified atom stereocenters. The first kappa shape index (κ1) is 22.1. The molecule has 0 fully saturated rings. The molecule has 0 aliphatic carbocycles. The van der Waals surface area contributed by atoms with Crippen LogP contribution in [0.4, 0.5) is 13.2 Å². The molecule has 160 valence electrons. The van der Waals surface area contributed by atoms with E-state index in [9.17, 15) is 18.0 Å². The fraction of sp³-hybridized carbons (Fsp3) is 0.364. The lowest BCUT2D eigenvalue weighted by atomic mass is 10.1. The lowest BCUT2D eigenvalue weighted by Gasteiger charge is -2.20. The van der Waals surface area contributed by atoms with Gasteiger partial charge in [-0.25, -0.2) is 0 Å². The molecule has 30 heavy (non-hydrogen) atoms. The molecule has 0 bridgehead atoms. The van der Waals surface area contributed by atoms with Crippen LogP contribution in [0.15, 0.2) is 48.8 Å². The van der Waals surface area contributed by atoms with Crippen molar-refractivity contribution in [3.63, 3.8) is 0 Å². The predicted octanol–water partition coefficient (Wildman–Crippen LogP) is 6.11. The van der Waals surface area contributed by atoms with Crippen LogP contribution in [0, 0.1) is 11.8 Å². The van der Waals surface area contributed by atoms with Gasteiger partial charge in [0.15, 0.2) is 0 Å². The Morgan fingerprint density at radius 1 is 1.17 bits per heavy atom. The van der Waals surface area contributed by atoms with E-state index in [4.69, 9.17) is 9.47 Å². The van der Waals surface area contributed by atoms with Gasteiger partial charge < -0.3 is 9.47 Å². The fourth-order valence-corrected chi connectivity index (χ4v) is 3.91. The molecule has 0 saturated heterocycles. The average Bonchev–Trinajstić information content (AvgIpc) is 3.12. The number of fused-ring (bicyclic) bond motifs is 1. The monoisotopic (exact) mass is 437 g/mol. The maximum Gasteiger partial charge on any atom is 0.389 e. The van der Waals surface area contributed by atoms with Gasteiger partial charge in [-0.05, 0) is 35.7 Å². The number of ether oxygens (including phenoxy) is 2. The molecule has 1 atom stereocenters. The van der Waals surface area contributed by atoms with Crippen molar-refractivity contribution in [3.05, 3.63) is 48.8 Å². The number of halogens is 3. The second-order valence-corrected chi connectivity index (χ2v) is 8.42. The van der Waals surface area contributed by atoms with Crippen LogP contribution in [-0.4, -0.2) is 30.3 Å². The Labute approximate surface area is 176 Å². The standard InChI is InChI=1S/C22H22F3NO3S/c1-14(2)21(27)29-13-15(10-22(23,24)25)12-28-18-6-5-16-8-19(30-20(16)9-18)17-4-3-7-26-11-17/h3-9,11,14-15H,10,12-13H2,1-2H3. The highest BCUT2D eigenvalue weighted by molar-refractivity contribution is 7.22. The highest BCUT2D eigenvalue weighted by Gasteiger charge is 2.33. The van der Waals surface area contributed by atoms with E-state index in [2.05, 4.69) is 4.98 Å². The third-order valence-electron chi connectivity index (χ3n) is 4.38. The minimum atomic E-state index is -4.37. The largest absolute Gasteiger partial charge is 0.493 e. The van der Waals surface area contributed by atoms with Gasteiger partial charge in [-0.15, -0.1) is 11.3 Å². The van der Waals surface area contributed by atoms with Crippen LogP contribution in [0.3, 0.4) is 0 Å². The molecule has 0 amide bonds. The molecule has 3 aromatic rings. The van der Waals surface area contributed by atoms with E-state index < -0.39 is 30.4 Å². The van der Waals surface area contributed by atoms with Gasteiger partial charge in [0.25, 0.3) is 0 Å². The number of esters is 1. The molecule has 4 nitrogen and oxygen atoms in total. The van der Waals surface area contributed by atoms with Crippen LogP contribution >= 0.6 is 11.3 Å². The van der Waals surface area contributed by atoms with E-state index in [1.807, 2.05) is 30.3 Å². The molecule has 0 radical (unpaired) electrons. The van der Waals surface area contributed by atoms with Crippen molar-refractivity contribution in [2.45, 2.75) is 26.4 Å². The first-order chi connectivity index (χ1) is 14.2. The second kappa shape index (κ2) is 9.47. The maximum absolute atomic E-state index is 12.9. The minimum Gasteiger partial charge on any atom is -0.493 e.